The summed E-state index contributed by atoms with van der Waals surface area (Å²) in [5.41, 5.74) is 7.13. The van der Waals surface area contributed by atoms with Crippen molar-refractivity contribution in [2.24, 2.45) is 5.73 Å². The Kier molecular flexibility index (Phi) is 5.87. The topological polar surface area (TPSA) is 44.5 Å². The van der Waals surface area contributed by atoms with E-state index in [0.29, 0.717) is 6.54 Å². The number of hydrogen-bond acceptors (Lipinski definition) is 3. The lowest BCUT2D eigenvalue weighted by molar-refractivity contribution is -0.0839. The zero-order valence-electron chi connectivity index (χ0n) is 12.6. The van der Waals surface area contributed by atoms with Crippen LogP contribution < -0.4 is 10.5 Å². The second kappa shape index (κ2) is 6.79. The minimum Gasteiger partial charge on any atom is -0.496 e. The lowest BCUT2D eigenvalue weighted by Crippen LogP contribution is -2.45. The highest BCUT2D eigenvalue weighted by molar-refractivity contribution is 5.85. The maximum atomic E-state index is 5.88. The van der Waals surface area contributed by atoms with Crippen LogP contribution in [0.2, 0.25) is 0 Å². The highest BCUT2D eigenvalue weighted by atomic mass is 35.5. The third kappa shape index (κ3) is 3.46. The SMILES string of the molecule is COc1ccccc1C1(CCN)CCOC(C)(C)C1.Cl. The summed E-state index contributed by atoms with van der Waals surface area (Å²) in [6.45, 7) is 5.79. The first-order valence-corrected chi connectivity index (χ1v) is 7.00. The number of para-hydroxylation sites is 1. The minimum absolute atomic E-state index is 0. The predicted molar refractivity (Wildman–Crippen MR) is 84.9 cm³/mol. The van der Waals surface area contributed by atoms with Gasteiger partial charge in [0.2, 0.25) is 0 Å². The largest absolute Gasteiger partial charge is 0.496 e. The third-order valence-corrected chi connectivity index (χ3v) is 4.14. The molecule has 1 aliphatic rings. The van der Waals surface area contributed by atoms with Crippen LogP contribution in [0.1, 0.15) is 38.7 Å². The highest BCUT2D eigenvalue weighted by Gasteiger charge is 2.42. The summed E-state index contributed by atoms with van der Waals surface area (Å²) in [6, 6.07) is 8.31. The molecule has 1 aromatic carbocycles. The van der Waals surface area contributed by atoms with Gasteiger partial charge in [0.05, 0.1) is 12.7 Å². The number of hydrogen-bond donors (Lipinski definition) is 1. The number of nitrogens with two attached hydrogens (primary N) is 1. The Morgan fingerprint density at radius 3 is 2.60 bits per heavy atom. The van der Waals surface area contributed by atoms with Crippen LogP contribution in [0.3, 0.4) is 0 Å². The molecule has 0 spiro atoms. The number of rotatable bonds is 4. The fourth-order valence-corrected chi connectivity index (χ4v) is 3.41. The average molecular weight is 300 g/mol. The summed E-state index contributed by atoms with van der Waals surface area (Å²) < 4.78 is 11.4. The third-order valence-electron chi connectivity index (χ3n) is 4.14. The Morgan fingerprint density at radius 2 is 2.00 bits per heavy atom. The van der Waals surface area contributed by atoms with Gasteiger partial charge in [0.15, 0.2) is 0 Å². The second-order valence-electron chi connectivity index (χ2n) is 6.05. The van der Waals surface area contributed by atoms with Gasteiger partial charge in [-0.1, -0.05) is 18.2 Å². The van der Waals surface area contributed by atoms with Crippen molar-refractivity contribution in [2.45, 2.75) is 44.1 Å². The first-order chi connectivity index (χ1) is 9.03. The Hall–Kier alpha value is -0.770. The molecule has 0 aromatic heterocycles. The van der Waals surface area contributed by atoms with Gasteiger partial charge in [-0.3, -0.25) is 0 Å². The molecule has 2 N–H and O–H groups in total. The van der Waals surface area contributed by atoms with Gasteiger partial charge in [-0.05, 0) is 45.7 Å². The molecule has 1 saturated heterocycles. The van der Waals surface area contributed by atoms with E-state index in [1.54, 1.807) is 7.11 Å². The van der Waals surface area contributed by atoms with Gasteiger partial charge in [-0.15, -0.1) is 12.4 Å². The molecule has 1 heterocycles. The Bertz CT molecular complexity index is 432. The molecule has 3 nitrogen and oxygen atoms in total. The lowest BCUT2D eigenvalue weighted by atomic mass is 9.67. The van der Waals surface area contributed by atoms with Crippen molar-refractivity contribution in [1.82, 2.24) is 0 Å². The van der Waals surface area contributed by atoms with Crippen LogP contribution >= 0.6 is 12.4 Å². The van der Waals surface area contributed by atoms with Gasteiger partial charge in [0, 0.05) is 17.6 Å². The minimum atomic E-state index is -0.103. The van der Waals surface area contributed by atoms with E-state index in [9.17, 15) is 0 Å². The van der Waals surface area contributed by atoms with Gasteiger partial charge in [-0.25, -0.2) is 0 Å². The summed E-state index contributed by atoms with van der Waals surface area (Å²) in [4.78, 5) is 0. The van der Waals surface area contributed by atoms with E-state index in [-0.39, 0.29) is 23.4 Å². The molecule has 1 unspecified atom stereocenters. The quantitative estimate of drug-likeness (QED) is 0.928. The molecule has 1 aliphatic heterocycles. The summed E-state index contributed by atoms with van der Waals surface area (Å²) in [6.07, 6.45) is 2.96. The number of halogens is 1. The standard InChI is InChI=1S/C16H25NO2.ClH/c1-15(2)12-16(8-10-17,9-11-19-15)13-6-4-5-7-14(13)18-3;/h4-7H,8-12,17H2,1-3H3;1H. The van der Waals surface area contributed by atoms with Crippen molar-refractivity contribution in [1.29, 1.82) is 0 Å². The zero-order chi connectivity index (χ0) is 13.9. The van der Waals surface area contributed by atoms with Gasteiger partial charge in [0.1, 0.15) is 5.75 Å². The van der Waals surface area contributed by atoms with Crippen LogP contribution in [0, 0.1) is 0 Å². The number of benzene rings is 1. The summed E-state index contributed by atoms with van der Waals surface area (Å²) in [5.74, 6) is 0.966. The van der Waals surface area contributed by atoms with Crippen molar-refractivity contribution >= 4 is 12.4 Å². The smallest absolute Gasteiger partial charge is 0.122 e. The Morgan fingerprint density at radius 1 is 1.30 bits per heavy atom. The van der Waals surface area contributed by atoms with Crippen LogP contribution in [0.5, 0.6) is 5.75 Å². The molecule has 0 amide bonds. The molecule has 0 saturated carbocycles. The predicted octanol–water partition coefficient (Wildman–Crippen LogP) is 3.29. The lowest BCUT2D eigenvalue weighted by Gasteiger charge is -2.45. The normalized spacial score (nSPS) is 24.8. The average Bonchev–Trinajstić information content (AvgIpc) is 2.38. The molecule has 1 aromatic rings. The van der Waals surface area contributed by atoms with Gasteiger partial charge in [0.25, 0.3) is 0 Å². The molecular formula is C16H26ClNO2. The second-order valence-corrected chi connectivity index (χ2v) is 6.05. The zero-order valence-corrected chi connectivity index (χ0v) is 13.5. The number of ether oxygens (including phenoxy) is 2. The molecule has 1 fully saturated rings. The Balaban J connectivity index is 0.00000200. The summed E-state index contributed by atoms with van der Waals surface area (Å²) in [5, 5.41) is 0. The maximum absolute atomic E-state index is 5.88. The fraction of sp³-hybridized carbons (Fsp3) is 0.625. The van der Waals surface area contributed by atoms with Crippen molar-refractivity contribution in [2.75, 3.05) is 20.3 Å². The van der Waals surface area contributed by atoms with Crippen LogP contribution in [-0.4, -0.2) is 25.9 Å². The molecule has 0 radical (unpaired) electrons. The van der Waals surface area contributed by atoms with Gasteiger partial charge < -0.3 is 15.2 Å². The summed E-state index contributed by atoms with van der Waals surface area (Å²) >= 11 is 0. The highest BCUT2D eigenvalue weighted by Crippen LogP contribution is 2.46. The van der Waals surface area contributed by atoms with E-state index in [1.807, 2.05) is 12.1 Å². The van der Waals surface area contributed by atoms with E-state index in [4.69, 9.17) is 15.2 Å². The van der Waals surface area contributed by atoms with Crippen LogP contribution in [-0.2, 0) is 10.2 Å². The van der Waals surface area contributed by atoms with Gasteiger partial charge >= 0.3 is 0 Å². The monoisotopic (exact) mass is 299 g/mol. The number of methoxy groups -OCH3 is 1. The maximum Gasteiger partial charge on any atom is 0.122 e. The van der Waals surface area contributed by atoms with E-state index in [0.717, 1.165) is 31.6 Å². The van der Waals surface area contributed by atoms with E-state index >= 15 is 0 Å². The van der Waals surface area contributed by atoms with Gasteiger partial charge in [-0.2, -0.15) is 0 Å². The van der Waals surface area contributed by atoms with E-state index in [1.165, 1.54) is 5.56 Å². The summed E-state index contributed by atoms with van der Waals surface area (Å²) in [7, 11) is 1.74. The van der Waals surface area contributed by atoms with Crippen molar-refractivity contribution in [3.05, 3.63) is 29.8 Å². The first-order valence-electron chi connectivity index (χ1n) is 7.00. The molecule has 1 atom stereocenters. The molecule has 20 heavy (non-hydrogen) atoms. The molecule has 2 rings (SSSR count). The van der Waals surface area contributed by atoms with Crippen molar-refractivity contribution in [3.8, 4) is 5.75 Å². The van der Waals surface area contributed by atoms with Crippen molar-refractivity contribution < 1.29 is 9.47 Å². The molecule has 0 aliphatic carbocycles. The van der Waals surface area contributed by atoms with Crippen LogP contribution in [0.15, 0.2) is 24.3 Å². The van der Waals surface area contributed by atoms with Crippen molar-refractivity contribution in [3.63, 3.8) is 0 Å². The molecule has 4 heteroatoms. The first kappa shape index (κ1) is 17.3. The Labute approximate surface area is 128 Å². The van der Waals surface area contributed by atoms with E-state index in [2.05, 4.69) is 26.0 Å². The van der Waals surface area contributed by atoms with E-state index < -0.39 is 0 Å². The molecule has 0 bridgehead atoms. The molecular weight excluding hydrogens is 274 g/mol. The van der Waals surface area contributed by atoms with Crippen LogP contribution in [0.4, 0.5) is 0 Å². The van der Waals surface area contributed by atoms with Crippen LogP contribution in [0.25, 0.3) is 0 Å². The molecule has 114 valence electrons. The fourth-order valence-electron chi connectivity index (χ4n) is 3.41.